The van der Waals surface area contributed by atoms with Gasteiger partial charge < -0.3 is 10.2 Å². The Bertz CT molecular complexity index is 694. The highest BCUT2D eigenvalue weighted by molar-refractivity contribution is 5.97. The fourth-order valence-corrected chi connectivity index (χ4v) is 2.92. The Morgan fingerprint density at radius 1 is 1.21 bits per heavy atom. The number of likely N-dealkylation sites (tertiary alicyclic amines) is 1. The summed E-state index contributed by atoms with van der Waals surface area (Å²) in [5.41, 5.74) is 1.64. The molecule has 3 rings (SSSR count). The first-order valence-corrected chi connectivity index (χ1v) is 8.35. The lowest BCUT2D eigenvalue weighted by atomic mass is 10.2. The molecule has 0 aliphatic carbocycles. The first-order chi connectivity index (χ1) is 11.6. The van der Waals surface area contributed by atoms with Crippen molar-refractivity contribution in [1.29, 1.82) is 0 Å². The van der Waals surface area contributed by atoms with Crippen LogP contribution >= 0.6 is 0 Å². The molecule has 24 heavy (non-hydrogen) atoms. The van der Waals surface area contributed by atoms with Crippen LogP contribution in [0.5, 0.6) is 0 Å². The quantitative estimate of drug-likeness (QED) is 0.939. The molecule has 0 spiro atoms. The summed E-state index contributed by atoms with van der Waals surface area (Å²) in [5, 5.41) is 7.06. The van der Waals surface area contributed by atoms with Gasteiger partial charge in [-0.1, -0.05) is 6.42 Å². The van der Waals surface area contributed by atoms with Gasteiger partial charge in [-0.3, -0.25) is 9.59 Å². The molecular formula is C18H22N4O2. The molecule has 2 amide bonds. The molecule has 2 heterocycles. The molecule has 0 unspecified atom stereocenters. The predicted molar refractivity (Wildman–Crippen MR) is 91.8 cm³/mol. The Labute approximate surface area is 141 Å². The van der Waals surface area contributed by atoms with E-state index in [1.165, 1.54) is 0 Å². The number of nitrogens with one attached hydrogen (secondary N) is 1. The van der Waals surface area contributed by atoms with Crippen LogP contribution < -0.4 is 5.32 Å². The molecule has 1 aromatic heterocycles. The van der Waals surface area contributed by atoms with Crippen molar-refractivity contribution < 1.29 is 9.59 Å². The predicted octanol–water partition coefficient (Wildman–Crippen LogP) is 2.60. The minimum absolute atomic E-state index is 0.0733. The fraction of sp³-hybridized carbons (Fsp3) is 0.389. The normalized spacial score (nSPS) is 16.5. The highest BCUT2D eigenvalue weighted by Crippen LogP contribution is 2.17. The number of amides is 2. The van der Waals surface area contributed by atoms with E-state index in [0.717, 1.165) is 24.9 Å². The van der Waals surface area contributed by atoms with E-state index in [1.807, 2.05) is 36.5 Å². The van der Waals surface area contributed by atoms with Gasteiger partial charge in [-0.15, -0.1) is 0 Å². The van der Waals surface area contributed by atoms with Gasteiger partial charge in [0.1, 0.15) is 6.04 Å². The van der Waals surface area contributed by atoms with Crippen molar-refractivity contribution >= 4 is 17.5 Å². The molecule has 6 heteroatoms. The molecule has 126 valence electrons. The van der Waals surface area contributed by atoms with Gasteiger partial charge in [0.15, 0.2) is 0 Å². The average Bonchev–Trinajstić information content (AvgIpc) is 3.04. The van der Waals surface area contributed by atoms with Gasteiger partial charge in [-0.2, -0.15) is 5.10 Å². The zero-order valence-corrected chi connectivity index (χ0v) is 13.8. The Morgan fingerprint density at radius 2 is 2.00 bits per heavy atom. The van der Waals surface area contributed by atoms with Gasteiger partial charge in [0.25, 0.3) is 0 Å². The maximum absolute atomic E-state index is 12.5. The summed E-state index contributed by atoms with van der Waals surface area (Å²) in [6, 6.07) is 8.86. The largest absolute Gasteiger partial charge is 0.331 e. The van der Waals surface area contributed by atoms with E-state index in [2.05, 4.69) is 10.4 Å². The molecule has 0 saturated carbocycles. The third kappa shape index (κ3) is 3.64. The summed E-state index contributed by atoms with van der Waals surface area (Å²) in [6.07, 6.45) is 7.04. The minimum atomic E-state index is -0.457. The van der Waals surface area contributed by atoms with E-state index in [-0.39, 0.29) is 11.8 Å². The number of carbonyl (C=O) groups is 2. The van der Waals surface area contributed by atoms with Crippen LogP contribution in [0.3, 0.4) is 0 Å². The minimum Gasteiger partial charge on any atom is -0.331 e. The van der Waals surface area contributed by atoms with Crippen LogP contribution in [0, 0.1) is 0 Å². The van der Waals surface area contributed by atoms with E-state index in [4.69, 9.17) is 0 Å². The monoisotopic (exact) mass is 326 g/mol. The number of benzene rings is 1. The first kappa shape index (κ1) is 16.2. The van der Waals surface area contributed by atoms with E-state index in [9.17, 15) is 9.59 Å². The van der Waals surface area contributed by atoms with Crippen LogP contribution in [-0.2, 0) is 9.59 Å². The molecule has 1 fully saturated rings. The highest BCUT2D eigenvalue weighted by atomic mass is 16.2. The SMILES string of the molecule is C[C@@H](C(=O)Nc1ccc(-n2cccn2)cc1)N1CCCCCC1=O. The summed E-state index contributed by atoms with van der Waals surface area (Å²) in [6.45, 7) is 2.45. The van der Waals surface area contributed by atoms with Crippen LogP contribution in [0.15, 0.2) is 42.7 Å². The second-order valence-corrected chi connectivity index (χ2v) is 6.06. The Kier molecular flexibility index (Phi) is 4.93. The van der Waals surface area contributed by atoms with Crippen molar-refractivity contribution in [3.8, 4) is 5.69 Å². The standard InChI is InChI=1S/C18H22N4O2/c1-14(21-12-4-2-3-6-17(21)23)18(24)20-15-7-9-16(10-8-15)22-13-5-11-19-22/h5,7-11,13-14H,2-4,6,12H2,1H3,(H,20,24)/t14-/m0/s1. The molecule has 0 radical (unpaired) electrons. The van der Waals surface area contributed by atoms with Crippen molar-refractivity contribution in [2.24, 2.45) is 0 Å². The second-order valence-electron chi connectivity index (χ2n) is 6.06. The molecule has 1 atom stereocenters. The maximum Gasteiger partial charge on any atom is 0.246 e. The summed E-state index contributed by atoms with van der Waals surface area (Å²) in [7, 11) is 0. The molecule has 1 aliphatic heterocycles. The molecule has 1 aromatic carbocycles. The van der Waals surface area contributed by atoms with E-state index < -0.39 is 6.04 Å². The summed E-state index contributed by atoms with van der Waals surface area (Å²) >= 11 is 0. The lowest BCUT2D eigenvalue weighted by Gasteiger charge is -2.27. The highest BCUT2D eigenvalue weighted by Gasteiger charge is 2.26. The van der Waals surface area contributed by atoms with Crippen LogP contribution in [0.1, 0.15) is 32.6 Å². The van der Waals surface area contributed by atoms with Gasteiger partial charge in [-0.05, 0) is 50.1 Å². The van der Waals surface area contributed by atoms with Gasteiger partial charge in [0, 0.05) is 31.0 Å². The molecule has 1 saturated heterocycles. The lowest BCUT2D eigenvalue weighted by molar-refractivity contribution is -0.137. The number of rotatable bonds is 4. The van der Waals surface area contributed by atoms with Gasteiger partial charge in [-0.25, -0.2) is 4.68 Å². The maximum atomic E-state index is 12.5. The zero-order valence-electron chi connectivity index (χ0n) is 13.8. The van der Waals surface area contributed by atoms with Crippen molar-refractivity contribution in [1.82, 2.24) is 14.7 Å². The van der Waals surface area contributed by atoms with E-state index in [1.54, 1.807) is 22.7 Å². The molecule has 2 aromatic rings. The molecule has 1 N–H and O–H groups in total. The third-order valence-corrected chi connectivity index (χ3v) is 4.36. The van der Waals surface area contributed by atoms with Gasteiger partial charge in [0.05, 0.1) is 5.69 Å². The van der Waals surface area contributed by atoms with Crippen LogP contribution in [0.25, 0.3) is 5.69 Å². The average molecular weight is 326 g/mol. The van der Waals surface area contributed by atoms with E-state index >= 15 is 0 Å². The van der Waals surface area contributed by atoms with Crippen molar-refractivity contribution in [3.05, 3.63) is 42.7 Å². The van der Waals surface area contributed by atoms with E-state index in [0.29, 0.717) is 18.7 Å². The topological polar surface area (TPSA) is 67.2 Å². The number of nitrogens with zero attached hydrogens (tertiary/aromatic N) is 3. The smallest absolute Gasteiger partial charge is 0.246 e. The third-order valence-electron chi connectivity index (χ3n) is 4.36. The summed E-state index contributed by atoms with van der Waals surface area (Å²) in [5.74, 6) is -0.0822. The first-order valence-electron chi connectivity index (χ1n) is 8.35. The van der Waals surface area contributed by atoms with Crippen LogP contribution in [0.2, 0.25) is 0 Å². The number of aromatic nitrogens is 2. The van der Waals surface area contributed by atoms with Crippen LogP contribution in [-0.4, -0.2) is 39.1 Å². The van der Waals surface area contributed by atoms with Crippen molar-refractivity contribution in [2.75, 3.05) is 11.9 Å². The number of hydrogen-bond donors (Lipinski definition) is 1. The second kappa shape index (κ2) is 7.29. The molecular weight excluding hydrogens is 304 g/mol. The summed E-state index contributed by atoms with van der Waals surface area (Å²) < 4.78 is 1.75. The van der Waals surface area contributed by atoms with Gasteiger partial charge in [0.2, 0.25) is 11.8 Å². The van der Waals surface area contributed by atoms with Crippen molar-refractivity contribution in [2.45, 2.75) is 38.6 Å². The lowest BCUT2D eigenvalue weighted by Crippen LogP contribution is -2.45. The Morgan fingerprint density at radius 3 is 2.71 bits per heavy atom. The molecule has 1 aliphatic rings. The summed E-state index contributed by atoms with van der Waals surface area (Å²) in [4.78, 5) is 26.3. The number of carbonyl (C=O) groups excluding carboxylic acids is 2. The fourth-order valence-electron chi connectivity index (χ4n) is 2.92. The van der Waals surface area contributed by atoms with Crippen molar-refractivity contribution in [3.63, 3.8) is 0 Å². The van der Waals surface area contributed by atoms with Gasteiger partial charge >= 0.3 is 0 Å². The number of anilines is 1. The zero-order chi connectivity index (χ0) is 16.9. The van der Waals surface area contributed by atoms with Crippen LogP contribution in [0.4, 0.5) is 5.69 Å². The number of hydrogen-bond acceptors (Lipinski definition) is 3. The Hall–Kier alpha value is -2.63. The Balaban J connectivity index is 1.64. The molecule has 0 bridgehead atoms. The molecule has 6 nitrogen and oxygen atoms in total.